The van der Waals surface area contributed by atoms with E-state index in [1.165, 1.54) is 0 Å². The second-order valence-electron chi connectivity index (χ2n) is 6.28. The van der Waals surface area contributed by atoms with Gasteiger partial charge in [-0.2, -0.15) is 0 Å². The first kappa shape index (κ1) is 19.3. The summed E-state index contributed by atoms with van der Waals surface area (Å²) >= 11 is 0. The molecule has 7 nitrogen and oxygen atoms in total. The summed E-state index contributed by atoms with van der Waals surface area (Å²) < 4.78 is 10.4. The third-order valence-corrected chi connectivity index (χ3v) is 4.41. The molecule has 0 aliphatic carbocycles. The average molecular weight is 381 g/mol. The number of fused-ring (bicyclic) bond motifs is 1. The van der Waals surface area contributed by atoms with E-state index in [4.69, 9.17) is 9.47 Å². The van der Waals surface area contributed by atoms with Gasteiger partial charge in [0.2, 0.25) is 11.8 Å². The fraction of sp³-hybridized carbons (Fsp3) is 0.238. The molecule has 3 N–H and O–H groups in total. The second kappa shape index (κ2) is 8.94. The topological polar surface area (TPSA) is 92.5 Å². The van der Waals surface area contributed by atoms with Crippen molar-refractivity contribution in [3.05, 3.63) is 59.8 Å². The van der Waals surface area contributed by atoms with Crippen molar-refractivity contribution in [1.29, 1.82) is 0 Å². The first-order valence-electron chi connectivity index (χ1n) is 8.90. The number of hydrogen-bond acceptors (Lipinski definition) is 4. The molecule has 2 amide bonds. The SMILES string of the molecule is COc1ccc(CNC(=O)CNC(=O)Cc2c[nH]c3ccccc23)cc1OC. The normalized spacial score (nSPS) is 10.5. The van der Waals surface area contributed by atoms with Crippen LogP contribution in [0.25, 0.3) is 10.9 Å². The van der Waals surface area contributed by atoms with Crippen LogP contribution in [0.3, 0.4) is 0 Å². The van der Waals surface area contributed by atoms with Gasteiger partial charge in [-0.05, 0) is 29.3 Å². The molecule has 0 bridgehead atoms. The van der Waals surface area contributed by atoms with E-state index in [1.807, 2.05) is 36.5 Å². The summed E-state index contributed by atoms with van der Waals surface area (Å²) in [7, 11) is 3.13. The number of carbonyl (C=O) groups excluding carboxylic acids is 2. The number of carbonyl (C=O) groups is 2. The Morgan fingerprint density at radius 2 is 1.75 bits per heavy atom. The van der Waals surface area contributed by atoms with Crippen LogP contribution in [0.1, 0.15) is 11.1 Å². The third kappa shape index (κ3) is 4.62. The fourth-order valence-electron chi connectivity index (χ4n) is 2.95. The van der Waals surface area contributed by atoms with Gasteiger partial charge in [-0.25, -0.2) is 0 Å². The number of nitrogens with one attached hydrogen (secondary N) is 3. The molecular weight excluding hydrogens is 358 g/mol. The Hall–Kier alpha value is -3.48. The van der Waals surface area contributed by atoms with Crippen LogP contribution in [0.5, 0.6) is 11.5 Å². The van der Waals surface area contributed by atoms with E-state index in [1.54, 1.807) is 26.4 Å². The third-order valence-electron chi connectivity index (χ3n) is 4.41. The zero-order valence-electron chi connectivity index (χ0n) is 15.9. The van der Waals surface area contributed by atoms with E-state index < -0.39 is 0 Å². The lowest BCUT2D eigenvalue weighted by molar-refractivity contribution is -0.125. The molecular formula is C21H23N3O4. The number of hydrogen-bond donors (Lipinski definition) is 3. The smallest absolute Gasteiger partial charge is 0.239 e. The zero-order valence-corrected chi connectivity index (χ0v) is 15.9. The summed E-state index contributed by atoms with van der Waals surface area (Å²) in [4.78, 5) is 27.3. The molecule has 2 aromatic carbocycles. The lowest BCUT2D eigenvalue weighted by Gasteiger charge is -2.10. The summed E-state index contributed by atoms with van der Waals surface area (Å²) in [5.74, 6) is 0.761. The van der Waals surface area contributed by atoms with Crippen molar-refractivity contribution in [3.8, 4) is 11.5 Å². The summed E-state index contributed by atoms with van der Waals surface area (Å²) in [6.07, 6.45) is 2.04. The molecule has 0 saturated carbocycles. The molecule has 3 rings (SSSR count). The van der Waals surface area contributed by atoms with Gasteiger partial charge in [-0.1, -0.05) is 24.3 Å². The van der Waals surface area contributed by atoms with Crippen LogP contribution in [0.2, 0.25) is 0 Å². The molecule has 3 aromatic rings. The van der Waals surface area contributed by atoms with Gasteiger partial charge in [0.1, 0.15) is 0 Å². The predicted molar refractivity (Wildman–Crippen MR) is 106 cm³/mol. The number of para-hydroxylation sites is 1. The largest absolute Gasteiger partial charge is 0.493 e. The average Bonchev–Trinajstić information content (AvgIpc) is 3.13. The van der Waals surface area contributed by atoms with Gasteiger partial charge >= 0.3 is 0 Å². The van der Waals surface area contributed by atoms with Gasteiger partial charge in [-0.3, -0.25) is 9.59 Å². The first-order valence-corrected chi connectivity index (χ1v) is 8.90. The summed E-state index contributed by atoms with van der Waals surface area (Å²) in [5, 5.41) is 6.44. The highest BCUT2D eigenvalue weighted by Gasteiger charge is 2.10. The predicted octanol–water partition coefficient (Wildman–Crippen LogP) is 2.16. The molecule has 1 heterocycles. The number of benzene rings is 2. The minimum Gasteiger partial charge on any atom is -0.493 e. The van der Waals surface area contributed by atoms with Crippen LogP contribution in [0, 0.1) is 0 Å². The number of H-pyrrole nitrogens is 1. The molecule has 7 heteroatoms. The van der Waals surface area contributed by atoms with Crippen molar-refractivity contribution < 1.29 is 19.1 Å². The number of methoxy groups -OCH3 is 2. The van der Waals surface area contributed by atoms with Crippen LogP contribution in [-0.4, -0.2) is 37.6 Å². The molecule has 0 unspecified atom stereocenters. The van der Waals surface area contributed by atoms with E-state index in [0.717, 1.165) is 22.0 Å². The van der Waals surface area contributed by atoms with Crippen LogP contribution in [0.15, 0.2) is 48.7 Å². The molecule has 0 atom stereocenters. The van der Waals surface area contributed by atoms with E-state index >= 15 is 0 Å². The standard InChI is InChI=1S/C21H23N3O4/c1-27-18-8-7-14(9-19(18)28-2)11-23-21(26)13-24-20(25)10-15-12-22-17-6-4-3-5-16(15)17/h3-9,12,22H,10-11,13H2,1-2H3,(H,23,26)(H,24,25). The fourth-order valence-corrected chi connectivity index (χ4v) is 2.95. The Labute approximate surface area is 163 Å². The highest BCUT2D eigenvalue weighted by Crippen LogP contribution is 2.27. The van der Waals surface area contributed by atoms with Crippen molar-refractivity contribution in [2.75, 3.05) is 20.8 Å². The van der Waals surface area contributed by atoms with Crippen LogP contribution >= 0.6 is 0 Å². The quantitative estimate of drug-likeness (QED) is 0.558. The Bertz CT molecular complexity index is 981. The molecule has 0 aliphatic heterocycles. The van der Waals surface area contributed by atoms with Gasteiger partial charge in [0.25, 0.3) is 0 Å². The molecule has 0 radical (unpaired) electrons. The summed E-state index contributed by atoms with van der Waals surface area (Å²) in [6, 6.07) is 13.2. The van der Waals surface area contributed by atoms with Gasteiger partial charge < -0.3 is 25.1 Å². The van der Waals surface area contributed by atoms with Crippen molar-refractivity contribution in [1.82, 2.24) is 15.6 Å². The van der Waals surface area contributed by atoms with Crippen molar-refractivity contribution in [3.63, 3.8) is 0 Å². The maximum atomic E-state index is 12.2. The Kier molecular flexibility index (Phi) is 6.16. The van der Waals surface area contributed by atoms with Crippen LogP contribution < -0.4 is 20.1 Å². The van der Waals surface area contributed by atoms with Gasteiger partial charge in [0.15, 0.2) is 11.5 Å². The minimum absolute atomic E-state index is 0.0749. The molecule has 146 valence electrons. The second-order valence-corrected chi connectivity index (χ2v) is 6.28. The minimum atomic E-state index is -0.262. The highest BCUT2D eigenvalue weighted by molar-refractivity contribution is 5.90. The van der Waals surface area contributed by atoms with Gasteiger partial charge in [0, 0.05) is 23.6 Å². The molecule has 28 heavy (non-hydrogen) atoms. The van der Waals surface area contributed by atoms with Crippen LogP contribution in [-0.2, 0) is 22.6 Å². The van der Waals surface area contributed by atoms with Gasteiger partial charge in [0.05, 0.1) is 27.2 Å². The molecule has 1 aromatic heterocycles. The van der Waals surface area contributed by atoms with Crippen LogP contribution in [0.4, 0.5) is 0 Å². The number of aromatic nitrogens is 1. The Morgan fingerprint density at radius 3 is 2.54 bits per heavy atom. The van der Waals surface area contributed by atoms with Crippen molar-refractivity contribution in [2.24, 2.45) is 0 Å². The lowest BCUT2D eigenvalue weighted by Crippen LogP contribution is -2.37. The van der Waals surface area contributed by atoms with E-state index in [2.05, 4.69) is 15.6 Å². The zero-order chi connectivity index (χ0) is 19.9. The van der Waals surface area contributed by atoms with E-state index in [0.29, 0.717) is 18.0 Å². The number of amides is 2. The van der Waals surface area contributed by atoms with Gasteiger partial charge in [-0.15, -0.1) is 0 Å². The molecule has 0 fully saturated rings. The number of ether oxygens (including phenoxy) is 2. The molecule has 0 aliphatic rings. The first-order chi connectivity index (χ1) is 13.6. The van der Waals surface area contributed by atoms with E-state index in [-0.39, 0.29) is 24.8 Å². The molecule has 0 saturated heterocycles. The van der Waals surface area contributed by atoms with Crippen molar-refractivity contribution >= 4 is 22.7 Å². The Balaban J connectivity index is 1.47. The lowest BCUT2D eigenvalue weighted by atomic mass is 10.1. The maximum Gasteiger partial charge on any atom is 0.239 e. The number of rotatable bonds is 8. The van der Waals surface area contributed by atoms with E-state index in [9.17, 15) is 9.59 Å². The summed E-state index contributed by atoms with van der Waals surface area (Å²) in [5.41, 5.74) is 2.76. The Morgan fingerprint density at radius 1 is 0.964 bits per heavy atom. The molecule has 0 spiro atoms. The monoisotopic (exact) mass is 381 g/mol. The number of aromatic amines is 1. The summed E-state index contributed by atoms with van der Waals surface area (Å²) in [6.45, 7) is 0.256. The highest BCUT2D eigenvalue weighted by atomic mass is 16.5. The van der Waals surface area contributed by atoms with Crippen molar-refractivity contribution in [2.45, 2.75) is 13.0 Å². The maximum absolute atomic E-state index is 12.2.